The van der Waals surface area contributed by atoms with Gasteiger partial charge in [-0.25, -0.2) is 9.36 Å². The molecule has 3 aromatic rings. The Labute approximate surface area is 174 Å². The Kier molecular flexibility index (Phi) is 6.37. The molecule has 0 atom stereocenters. The van der Waals surface area contributed by atoms with E-state index in [0.717, 1.165) is 24.0 Å². The molecule has 0 saturated carbocycles. The van der Waals surface area contributed by atoms with Crippen LogP contribution in [0.25, 0.3) is 15.9 Å². The molecule has 0 aliphatic carbocycles. The fourth-order valence-corrected chi connectivity index (χ4v) is 4.28. The number of benzene rings is 1. The van der Waals surface area contributed by atoms with Gasteiger partial charge in [0.25, 0.3) is 5.56 Å². The van der Waals surface area contributed by atoms with E-state index < -0.39 is 5.69 Å². The van der Waals surface area contributed by atoms with Gasteiger partial charge >= 0.3 is 5.69 Å². The monoisotopic (exact) mass is 413 g/mol. The third-order valence-corrected chi connectivity index (χ3v) is 6.06. The maximum absolute atomic E-state index is 13.4. The normalized spacial score (nSPS) is 11.2. The van der Waals surface area contributed by atoms with Crippen molar-refractivity contribution in [3.63, 3.8) is 0 Å². The van der Waals surface area contributed by atoms with Crippen molar-refractivity contribution in [1.82, 2.24) is 14.0 Å². The van der Waals surface area contributed by atoms with Crippen LogP contribution in [-0.2, 0) is 11.3 Å². The topological polar surface area (TPSA) is 64.3 Å². The van der Waals surface area contributed by atoms with Crippen LogP contribution in [0.4, 0.5) is 0 Å². The third kappa shape index (κ3) is 4.05. The van der Waals surface area contributed by atoms with Crippen molar-refractivity contribution >= 4 is 27.5 Å². The first-order valence-corrected chi connectivity index (χ1v) is 10.8. The van der Waals surface area contributed by atoms with E-state index in [1.54, 1.807) is 16.3 Å². The molecule has 29 heavy (non-hydrogen) atoms. The number of unbranched alkanes of at least 4 members (excludes halogenated alkanes) is 1. The first-order valence-electron chi connectivity index (χ1n) is 9.97. The molecule has 6 nitrogen and oxygen atoms in total. The molecule has 0 aliphatic heterocycles. The summed E-state index contributed by atoms with van der Waals surface area (Å²) in [6, 6.07) is 7.42. The number of likely N-dealkylation sites (N-methyl/N-ethyl adjacent to an activating group) is 1. The van der Waals surface area contributed by atoms with Gasteiger partial charge in [0.05, 0.1) is 11.2 Å². The van der Waals surface area contributed by atoms with E-state index in [4.69, 9.17) is 0 Å². The van der Waals surface area contributed by atoms with Gasteiger partial charge in [0.1, 0.15) is 11.2 Å². The molecule has 2 aromatic heterocycles. The predicted molar refractivity (Wildman–Crippen MR) is 118 cm³/mol. The van der Waals surface area contributed by atoms with Crippen molar-refractivity contribution in [3.05, 3.63) is 61.6 Å². The Hall–Kier alpha value is -2.67. The highest BCUT2D eigenvalue weighted by Crippen LogP contribution is 2.18. The van der Waals surface area contributed by atoms with Crippen LogP contribution < -0.4 is 11.2 Å². The highest BCUT2D eigenvalue weighted by atomic mass is 32.1. The van der Waals surface area contributed by atoms with Crippen LogP contribution >= 0.6 is 11.3 Å². The van der Waals surface area contributed by atoms with E-state index in [1.807, 2.05) is 39.0 Å². The molecule has 2 heterocycles. The van der Waals surface area contributed by atoms with Crippen LogP contribution in [0.15, 0.2) is 39.2 Å². The predicted octanol–water partition coefficient (Wildman–Crippen LogP) is 3.48. The lowest BCUT2D eigenvalue weighted by atomic mass is 10.1. The number of hydrogen-bond acceptors (Lipinski definition) is 4. The van der Waals surface area contributed by atoms with Gasteiger partial charge in [-0.05, 0) is 55.8 Å². The van der Waals surface area contributed by atoms with Crippen LogP contribution in [0.3, 0.4) is 0 Å². The van der Waals surface area contributed by atoms with Crippen molar-refractivity contribution in [3.8, 4) is 5.69 Å². The highest BCUT2D eigenvalue weighted by molar-refractivity contribution is 7.17. The molecule has 1 aromatic carbocycles. The maximum atomic E-state index is 13.4. The summed E-state index contributed by atoms with van der Waals surface area (Å²) in [7, 11) is 0. The van der Waals surface area contributed by atoms with E-state index in [-0.39, 0.29) is 18.0 Å². The number of rotatable bonds is 7. The zero-order chi connectivity index (χ0) is 21.1. The average molecular weight is 414 g/mol. The van der Waals surface area contributed by atoms with Crippen LogP contribution in [0.2, 0.25) is 0 Å². The summed E-state index contributed by atoms with van der Waals surface area (Å²) in [4.78, 5) is 41.2. The standard InChI is InChI=1S/C22H27N3O3S/c1-5-7-11-23(6-2)19(26)14-24-17-10-12-29-20(17)21(27)25(22(24)28)18-13-15(3)8-9-16(18)4/h8-10,12-13H,5-7,11,14H2,1-4H3. The van der Waals surface area contributed by atoms with Gasteiger partial charge in [-0.3, -0.25) is 14.2 Å². The lowest BCUT2D eigenvalue weighted by Crippen LogP contribution is -2.43. The van der Waals surface area contributed by atoms with Gasteiger partial charge in [0, 0.05) is 13.1 Å². The second-order valence-corrected chi connectivity index (χ2v) is 8.18. The first kappa shape index (κ1) is 21.0. The lowest BCUT2D eigenvalue weighted by Gasteiger charge is -2.22. The molecule has 0 spiro atoms. The zero-order valence-electron chi connectivity index (χ0n) is 17.4. The molecule has 3 rings (SSSR count). The minimum atomic E-state index is -0.477. The quantitative estimate of drug-likeness (QED) is 0.596. The van der Waals surface area contributed by atoms with Crippen molar-refractivity contribution in [2.24, 2.45) is 0 Å². The summed E-state index contributed by atoms with van der Waals surface area (Å²) in [6.07, 6.45) is 1.92. The van der Waals surface area contributed by atoms with Crippen LogP contribution in [0.1, 0.15) is 37.8 Å². The number of thiophene rings is 1. The van der Waals surface area contributed by atoms with Crippen LogP contribution in [0, 0.1) is 13.8 Å². The van der Waals surface area contributed by atoms with E-state index >= 15 is 0 Å². The number of carbonyl (C=O) groups is 1. The number of hydrogen-bond donors (Lipinski definition) is 0. The van der Waals surface area contributed by atoms with E-state index in [2.05, 4.69) is 6.92 Å². The Morgan fingerprint density at radius 2 is 1.90 bits per heavy atom. The van der Waals surface area contributed by atoms with Crippen LogP contribution in [0.5, 0.6) is 0 Å². The summed E-state index contributed by atoms with van der Waals surface area (Å²) >= 11 is 1.29. The number of aromatic nitrogens is 2. The van der Waals surface area contributed by atoms with Gasteiger partial charge in [0.2, 0.25) is 5.91 Å². The largest absolute Gasteiger partial charge is 0.341 e. The number of amides is 1. The molecule has 0 aliphatic rings. The van der Waals surface area contributed by atoms with Gasteiger partial charge < -0.3 is 4.90 Å². The van der Waals surface area contributed by atoms with Crippen molar-refractivity contribution in [2.45, 2.75) is 47.1 Å². The number of nitrogens with zero attached hydrogens (tertiary/aromatic N) is 3. The molecule has 0 bridgehead atoms. The molecule has 0 unspecified atom stereocenters. The van der Waals surface area contributed by atoms with Crippen molar-refractivity contribution < 1.29 is 4.79 Å². The molecule has 154 valence electrons. The van der Waals surface area contributed by atoms with Gasteiger partial charge in [-0.1, -0.05) is 25.5 Å². The fourth-order valence-electron chi connectivity index (χ4n) is 3.46. The SMILES string of the molecule is CCCCN(CC)C(=O)Cn1c(=O)n(-c2cc(C)ccc2C)c(=O)c2sccc21. The highest BCUT2D eigenvalue weighted by Gasteiger charge is 2.20. The number of fused-ring (bicyclic) bond motifs is 1. The van der Waals surface area contributed by atoms with Crippen molar-refractivity contribution in [2.75, 3.05) is 13.1 Å². The second kappa shape index (κ2) is 8.78. The molecular weight excluding hydrogens is 386 g/mol. The summed E-state index contributed by atoms with van der Waals surface area (Å²) in [5, 5.41) is 1.79. The molecule has 7 heteroatoms. The summed E-state index contributed by atoms with van der Waals surface area (Å²) in [5.41, 5.74) is 2.07. The molecule has 1 amide bonds. The van der Waals surface area contributed by atoms with Crippen molar-refractivity contribution in [1.29, 1.82) is 0 Å². The molecule has 0 radical (unpaired) electrons. The Morgan fingerprint density at radius 3 is 2.59 bits per heavy atom. The van der Waals surface area contributed by atoms with Gasteiger partial charge in [0.15, 0.2) is 0 Å². The Morgan fingerprint density at radius 1 is 1.14 bits per heavy atom. The van der Waals surface area contributed by atoms with E-state index in [1.165, 1.54) is 20.5 Å². The molecule has 0 N–H and O–H groups in total. The number of aryl methyl sites for hydroxylation is 2. The zero-order valence-corrected chi connectivity index (χ0v) is 18.2. The molecule has 0 saturated heterocycles. The number of carbonyl (C=O) groups excluding carboxylic acids is 1. The lowest BCUT2D eigenvalue weighted by molar-refractivity contribution is -0.131. The minimum absolute atomic E-state index is 0.0746. The van der Waals surface area contributed by atoms with Gasteiger partial charge in [-0.2, -0.15) is 0 Å². The summed E-state index contributed by atoms with van der Waals surface area (Å²) in [5.74, 6) is -0.110. The second-order valence-electron chi connectivity index (χ2n) is 7.26. The minimum Gasteiger partial charge on any atom is -0.341 e. The van der Waals surface area contributed by atoms with Crippen LogP contribution in [-0.4, -0.2) is 33.0 Å². The Bertz CT molecular complexity index is 1160. The molecule has 0 fully saturated rings. The average Bonchev–Trinajstić information content (AvgIpc) is 3.18. The molecular formula is C22H27N3O3S. The fraction of sp³-hybridized carbons (Fsp3) is 0.409. The first-order chi connectivity index (χ1) is 13.9. The van der Waals surface area contributed by atoms with Gasteiger partial charge in [-0.15, -0.1) is 11.3 Å². The Balaban J connectivity index is 2.17. The summed E-state index contributed by atoms with van der Waals surface area (Å²) in [6.45, 7) is 9.01. The smallest absolute Gasteiger partial charge is 0.336 e. The van der Waals surface area contributed by atoms with E-state index in [9.17, 15) is 14.4 Å². The third-order valence-electron chi connectivity index (χ3n) is 5.17. The maximum Gasteiger partial charge on any atom is 0.336 e. The summed E-state index contributed by atoms with van der Waals surface area (Å²) < 4.78 is 3.12. The van der Waals surface area contributed by atoms with E-state index in [0.29, 0.717) is 29.0 Å².